The smallest absolute Gasteiger partial charge is 0.348 e. The summed E-state index contributed by atoms with van der Waals surface area (Å²) in [7, 11) is 0. The molecule has 2 saturated carbocycles. The molecule has 0 spiro atoms. The van der Waals surface area contributed by atoms with Gasteiger partial charge in [-0.15, -0.1) is 11.3 Å². The second kappa shape index (κ2) is 11.5. The Morgan fingerprint density at radius 2 is 1.81 bits per heavy atom. The number of amidine groups is 1. The Hall–Kier alpha value is -2.11. The predicted octanol–water partition coefficient (Wildman–Crippen LogP) is 6.49. The summed E-state index contributed by atoms with van der Waals surface area (Å²) in [5.41, 5.74) is 0.348. The summed E-state index contributed by atoms with van der Waals surface area (Å²) in [6, 6.07) is 1.85. The molecular formula is C28H37N3O3S2. The Morgan fingerprint density at radius 3 is 2.39 bits per heavy atom. The standard InChI is InChI=1S/C28H37N3O3S2/c1-18-5-7-19(8-6-18)25(32)31(20-9-11-21(12-10-20)36-27-29-15-16-30-27)23-17-22(13-14-28(2,3)4)35-24(23)26(33)34/h15,17-21H,5-12,16H2,1-4H3,(H,33,34)/t18-,19-,20-,21-. The summed E-state index contributed by atoms with van der Waals surface area (Å²) >= 11 is 2.92. The van der Waals surface area contributed by atoms with Crippen LogP contribution in [-0.4, -0.2) is 46.2 Å². The largest absolute Gasteiger partial charge is 0.477 e. The minimum atomic E-state index is -0.991. The number of thiophene rings is 1. The number of carbonyl (C=O) groups is 2. The van der Waals surface area contributed by atoms with Crippen LogP contribution in [0.25, 0.3) is 0 Å². The monoisotopic (exact) mass is 527 g/mol. The number of hydrogen-bond acceptors (Lipinski definition) is 6. The third-order valence-corrected chi connectivity index (χ3v) is 9.40. The topological polar surface area (TPSA) is 82.3 Å². The van der Waals surface area contributed by atoms with Gasteiger partial charge >= 0.3 is 5.97 Å². The first kappa shape index (κ1) is 26.9. The third-order valence-electron chi connectivity index (χ3n) is 7.12. The van der Waals surface area contributed by atoms with Crippen LogP contribution in [0.15, 0.2) is 16.1 Å². The van der Waals surface area contributed by atoms with Crippen molar-refractivity contribution in [2.45, 2.75) is 90.4 Å². The Labute approximate surface area is 223 Å². The molecule has 2 aliphatic carbocycles. The fourth-order valence-corrected chi connectivity index (χ4v) is 7.07. The fourth-order valence-electron chi connectivity index (χ4n) is 5.14. The quantitative estimate of drug-likeness (QED) is 0.444. The highest BCUT2D eigenvalue weighted by molar-refractivity contribution is 8.14. The number of aromatic carboxylic acids is 1. The second-order valence-corrected chi connectivity index (χ2v) is 13.6. The van der Waals surface area contributed by atoms with Crippen LogP contribution in [0, 0.1) is 29.1 Å². The molecule has 1 aromatic rings. The molecule has 1 N–H and O–H groups in total. The van der Waals surface area contributed by atoms with Crippen molar-refractivity contribution in [3.8, 4) is 11.8 Å². The minimum Gasteiger partial charge on any atom is -0.477 e. The van der Waals surface area contributed by atoms with Crippen LogP contribution >= 0.6 is 23.1 Å². The molecule has 4 rings (SSSR count). The summed E-state index contributed by atoms with van der Waals surface area (Å²) in [5.74, 6) is 6.09. The molecular weight excluding hydrogens is 490 g/mol. The molecule has 0 atom stereocenters. The van der Waals surface area contributed by atoms with Gasteiger partial charge in [0.25, 0.3) is 0 Å². The highest BCUT2D eigenvalue weighted by Crippen LogP contribution is 2.40. The zero-order valence-corrected chi connectivity index (χ0v) is 23.4. The lowest BCUT2D eigenvalue weighted by atomic mass is 9.81. The van der Waals surface area contributed by atoms with Crippen molar-refractivity contribution in [1.29, 1.82) is 0 Å². The maximum absolute atomic E-state index is 14.0. The lowest BCUT2D eigenvalue weighted by Crippen LogP contribution is -2.46. The molecule has 0 aromatic carbocycles. The van der Waals surface area contributed by atoms with E-state index in [1.807, 2.05) is 38.0 Å². The summed E-state index contributed by atoms with van der Waals surface area (Å²) in [4.78, 5) is 37.9. The maximum atomic E-state index is 14.0. The Morgan fingerprint density at radius 1 is 1.11 bits per heavy atom. The molecule has 36 heavy (non-hydrogen) atoms. The number of amides is 1. The van der Waals surface area contributed by atoms with Gasteiger partial charge in [0, 0.05) is 28.8 Å². The highest BCUT2D eigenvalue weighted by Gasteiger charge is 2.37. The molecule has 2 fully saturated rings. The normalized spacial score (nSPS) is 26.2. The number of carboxylic acids is 1. The number of carboxylic acid groups (broad SMARTS) is 1. The van der Waals surface area contributed by atoms with Crippen LogP contribution in [0.1, 0.15) is 93.6 Å². The summed E-state index contributed by atoms with van der Waals surface area (Å²) in [6.45, 7) is 9.01. The van der Waals surface area contributed by atoms with Gasteiger partial charge in [0.15, 0.2) is 5.17 Å². The SMILES string of the molecule is CC(C)(C)C#Cc1cc(N(C(=O)[C@H]2CC[C@H](C)CC2)[C@H]2CC[C@H](SC3=NCC=N3)CC2)c(C(=O)O)s1. The molecule has 1 amide bonds. The van der Waals surface area contributed by atoms with Gasteiger partial charge in [-0.25, -0.2) is 9.79 Å². The Balaban J connectivity index is 1.61. The molecule has 0 saturated heterocycles. The summed E-state index contributed by atoms with van der Waals surface area (Å²) in [6.07, 6.45) is 9.30. The van der Waals surface area contributed by atoms with Crippen molar-refractivity contribution in [1.82, 2.24) is 0 Å². The van der Waals surface area contributed by atoms with E-state index >= 15 is 0 Å². The van der Waals surface area contributed by atoms with Gasteiger partial charge in [-0.1, -0.05) is 30.5 Å². The third kappa shape index (κ3) is 6.80. The average molecular weight is 528 g/mol. The van der Waals surface area contributed by atoms with Gasteiger partial charge in [0.1, 0.15) is 4.88 Å². The van der Waals surface area contributed by atoms with E-state index in [9.17, 15) is 14.7 Å². The van der Waals surface area contributed by atoms with Gasteiger partial charge < -0.3 is 10.0 Å². The van der Waals surface area contributed by atoms with Crippen LogP contribution in [0.2, 0.25) is 0 Å². The van der Waals surface area contributed by atoms with Gasteiger partial charge in [0.05, 0.1) is 17.1 Å². The summed E-state index contributed by atoms with van der Waals surface area (Å²) < 4.78 is 0. The first-order valence-electron chi connectivity index (χ1n) is 13.1. The van der Waals surface area contributed by atoms with E-state index in [-0.39, 0.29) is 28.2 Å². The van der Waals surface area contributed by atoms with E-state index in [1.54, 1.807) is 11.8 Å². The van der Waals surface area contributed by atoms with E-state index in [0.717, 1.165) is 56.5 Å². The van der Waals surface area contributed by atoms with Crippen LogP contribution in [-0.2, 0) is 4.79 Å². The van der Waals surface area contributed by atoms with E-state index in [1.165, 1.54) is 11.3 Å². The highest BCUT2D eigenvalue weighted by atomic mass is 32.2. The first-order chi connectivity index (χ1) is 17.1. The number of aliphatic imine (C=N–C) groups is 2. The lowest BCUT2D eigenvalue weighted by Gasteiger charge is -2.39. The maximum Gasteiger partial charge on any atom is 0.348 e. The Kier molecular flexibility index (Phi) is 8.62. The first-order valence-corrected chi connectivity index (χ1v) is 14.8. The molecule has 1 aliphatic heterocycles. The van der Waals surface area contributed by atoms with Crippen LogP contribution < -0.4 is 4.90 Å². The molecule has 0 radical (unpaired) electrons. The zero-order chi connectivity index (χ0) is 25.9. The van der Waals surface area contributed by atoms with Crippen molar-refractivity contribution in [2.24, 2.45) is 27.2 Å². The fraction of sp³-hybridized carbons (Fsp3) is 0.643. The van der Waals surface area contributed by atoms with Crippen molar-refractivity contribution in [2.75, 3.05) is 11.4 Å². The molecule has 2 heterocycles. The van der Waals surface area contributed by atoms with Crippen LogP contribution in [0.5, 0.6) is 0 Å². The Bertz CT molecular complexity index is 1090. The molecule has 8 heteroatoms. The molecule has 0 bridgehead atoms. The second-order valence-electron chi connectivity index (χ2n) is 11.3. The van der Waals surface area contributed by atoms with Gasteiger partial charge in [-0.2, -0.15) is 0 Å². The number of carbonyl (C=O) groups excluding carboxylic acids is 1. The van der Waals surface area contributed by atoms with Crippen molar-refractivity contribution >= 4 is 52.0 Å². The van der Waals surface area contributed by atoms with Gasteiger partial charge in [-0.3, -0.25) is 9.79 Å². The van der Waals surface area contributed by atoms with Gasteiger partial charge in [0.2, 0.25) is 5.91 Å². The van der Waals surface area contributed by atoms with E-state index in [2.05, 4.69) is 28.7 Å². The van der Waals surface area contributed by atoms with Crippen molar-refractivity contribution in [3.05, 3.63) is 15.8 Å². The molecule has 194 valence electrons. The number of rotatable bonds is 5. The molecule has 0 unspecified atom stereocenters. The molecule has 1 aromatic heterocycles. The van der Waals surface area contributed by atoms with Gasteiger partial charge in [-0.05, 0) is 84.1 Å². The average Bonchev–Trinajstić information content (AvgIpc) is 3.49. The summed E-state index contributed by atoms with van der Waals surface area (Å²) in [5, 5.41) is 11.4. The zero-order valence-electron chi connectivity index (χ0n) is 21.7. The number of hydrogen-bond donors (Lipinski definition) is 1. The lowest BCUT2D eigenvalue weighted by molar-refractivity contribution is -0.124. The predicted molar refractivity (Wildman–Crippen MR) is 151 cm³/mol. The van der Waals surface area contributed by atoms with Crippen molar-refractivity contribution < 1.29 is 14.7 Å². The number of anilines is 1. The van der Waals surface area contributed by atoms with Crippen LogP contribution in [0.4, 0.5) is 5.69 Å². The van der Waals surface area contributed by atoms with E-state index in [0.29, 0.717) is 28.3 Å². The van der Waals surface area contributed by atoms with Crippen LogP contribution in [0.3, 0.4) is 0 Å². The van der Waals surface area contributed by atoms with Crippen molar-refractivity contribution in [3.63, 3.8) is 0 Å². The molecule has 3 aliphatic rings. The van der Waals surface area contributed by atoms with E-state index in [4.69, 9.17) is 0 Å². The van der Waals surface area contributed by atoms with E-state index < -0.39 is 5.97 Å². The molecule has 6 nitrogen and oxygen atoms in total. The number of thioether (sulfide) groups is 1. The number of nitrogens with zero attached hydrogens (tertiary/aromatic N) is 3. The minimum absolute atomic E-state index is 0.00107.